The SMILES string of the molecule is NC(N)=NC(N)=Nc1ccc(-c2ccc(O)cc2)cc1S(=O)(=O)O. The first kappa shape index (κ1) is 17.2. The van der Waals surface area contributed by atoms with Crippen LogP contribution < -0.4 is 17.2 Å². The average Bonchev–Trinajstić information content (AvgIpc) is 2.46. The Kier molecular flexibility index (Phi) is 4.71. The topological polar surface area (TPSA) is 177 Å². The molecular weight excluding hydrogens is 334 g/mol. The second-order valence-corrected chi connectivity index (χ2v) is 6.10. The summed E-state index contributed by atoms with van der Waals surface area (Å²) in [6, 6.07) is 10.2. The predicted octanol–water partition coefficient (Wildman–Crippen LogP) is 0.526. The van der Waals surface area contributed by atoms with Crippen LogP contribution in [-0.4, -0.2) is 30.0 Å². The average molecular weight is 349 g/mol. The molecule has 0 saturated heterocycles. The molecule has 8 N–H and O–H groups in total. The zero-order valence-corrected chi connectivity index (χ0v) is 13.1. The largest absolute Gasteiger partial charge is 0.508 e. The van der Waals surface area contributed by atoms with Crippen LogP contribution in [0.2, 0.25) is 0 Å². The smallest absolute Gasteiger partial charge is 0.296 e. The minimum absolute atomic E-state index is 0.0694. The zero-order chi connectivity index (χ0) is 17.9. The van der Waals surface area contributed by atoms with Crippen molar-refractivity contribution in [2.45, 2.75) is 4.90 Å². The predicted molar refractivity (Wildman–Crippen MR) is 90.4 cm³/mol. The molecule has 0 saturated carbocycles. The Morgan fingerprint density at radius 1 is 0.958 bits per heavy atom. The standard InChI is InChI=1S/C14H15N5O4S/c15-13(16)19-14(17)18-11-6-3-9(7-12(11)24(21,22)23)8-1-4-10(20)5-2-8/h1-7,20H,(H,21,22,23)(H6,15,16,17,18,19). The number of phenols is 1. The molecule has 0 aromatic heterocycles. The molecular formula is C14H15N5O4S. The summed E-state index contributed by atoms with van der Waals surface area (Å²) in [5.41, 5.74) is 16.8. The van der Waals surface area contributed by atoms with E-state index in [1.807, 2.05) is 0 Å². The highest BCUT2D eigenvalue weighted by Crippen LogP contribution is 2.31. The van der Waals surface area contributed by atoms with Crippen molar-refractivity contribution in [1.29, 1.82) is 0 Å². The maximum Gasteiger partial charge on any atom is 0.296 e. The van der Waals surface area contributed by atoms with Crippen molar-refractivity contribution < 1.29 is 18.1 Å². The lowest BCUT2D eigenvalue weighted by molar-refractivity contribution is 0.475. The monoisotopic (exact) mass is 349 g/mol. The molecule has 0 amide bonds. The van der Waals surface area contributed by atoms with Crippen molar-refractivity contribution in [3.8, 4) is 16.9 Å². The Morgan fingerprint density at radius 3 is 2.08 bits per heavy atom. The summed E-state index contributed by atoms with van der Waals surface area (Å²) < 4.78 is 32.6. The van der Waals surface area contributed by atoms with E-state index >= 15 is 0 Å². The van der Waals surface area contributed by atoms with Crippen molar-refractivity contribution in [3.05, 3.63) is 42.5 Å². The number of benzene rings is 2. The van der Waals surface area contributed by atoms with E-state index in [1.165, 1.54) is 24.3 Å². The normalized spacial score (nSPS) is 12.0. The molecule has 0 unspecified atom stereocenters. The maximum absolute atomic E-state index is 11.6. The van der Waals surface area contributed by atoms with Gasteiger partial charge >= 0.3 is 0 Å². The van der Waals surface area contributed by atoms with E-state index < -0.39 is 15.0 Å². The van der Waals surface area contributed by atoms with E-state index in [-0.39, 0.29) is 23.4 Å². The molecule has 24 heavy (non-hydrogen) atoms. The van der Waals surface area contributed by atoms with Gasteiger partial charge in [0.2, 0.25) is 5.96 Å². The number of nitrogens with two attached hydrogens (primary N) is 3. The number of aromatic hydroxyl groups is 1. The number of rotatable bonds is 3. The Labute approximate surface area is 137 Å². The minimum Gasteiger partial charge on any atom is -0.508 e. The molecule has 0 radical (unpaired) electrons. The first-order valence-corrected chi connectivity index (χ1v) is 7.95. The lowest BCUT2D eigenvalue weighted by Gasteiger charge is -2.07. The second-order valence-electron chi connectivity index (χ2n) is 4.71. The van der Waals surface area contributed by atoms with E-state index in [0.29, 0.717) is 11.1 Å². The summed E-state index contributed by atoms with van der Waals surface area (Å²) in [5, 5.41) is 9.30. The minimum atomic E-state index is -4.57. The lowest BCUT2D eigenvalue weighted by Crippen LogP contribution is -2.26. The molecule has 0 aliphatic rings. The molecule has 2 rings (SSSR count). The van der Waals surface area contributed by atoms with E-state index in [9.17, 15) is 18.1 Å². The van der Waals surface area contributed by atoms with Crippen LogP contribution in [0.25, 0.3) is 11.1 Å². The molecule has 0 aliphatic heterocycles. The van der Waals surface area contributed by atoms with Crippen LogP contribution in [0.1, 0.15) is 0 Å². The Hall–Kier alpha value is -3.11. The second kappa shape index (κ2) is 6.56. The first-order valence-electron chi connectivity index (χ1n) is 6.51. The maximum atomic E-state index is 11.6. The highest BCUT2D eigenvalue weighted by Gasteiger charge is 2.17. The van der Waals surface area contributed by atoms with Gasteiger partial charge in [-0.1, -0.05) is 18.2 Å². The van der Waals surface area contributed by atoms with Gasteiger partial charge in [-0.2, -0.15) is 13.4 Å². The molecule has 0 aliphatic carbocycles. The van der Waals surface area contributed by atoms with Gasteiger partial charge in [0, 0.05) is 0 Å². The number of guanidine groups is 2. The third-order valence-electron chi connectivity index (χ3n) is 2.92. The number of hydrogen-bond acceptors (Lipinski definition) is 4. The van der Waals surface area contributed by atoms with Crippen molar-refractivity contribution >= 4 is 27.7 Å². The van der Waals surface area contributed by atoms with E-state index in [0.717, 1.165) is 0 Å². The highest BCUT2D eigenvalue weighted by atomic mass is 32.2. The van der Waals surface area contributed by atoms with E-state index in [4.69, 9.17) is 17.2 Å². The van der Waals surface area contributed by atoms with Crippen LogP contribution in [0, 0.1) is 0 Å². The van der Waals surface area contributed by atoms with Crippen LogP contribution in [-0.2, 0) is 10.1 Å². The number of aliphatic imine (C=N–C) groups is 2. The fraction of sp³-hybridized carbons (Fsp3) is 0. The fourth-order valence-electron chi connectivity index (χ4n) is 1.93. The van der Waals surface area contributed by atoms with Gasteiger partial charge in [0.25, 0.3) is 10.1 Å². The quantitative estimate of drug-likeness (QED) is 0.304. The van der Waals surface area contributed by atoms with Gasteiger partial charge in [-0.15, -0.1) is 0 Å². The summed E-state index contributed by atoms with van der Waals surface area (Å²) in [6.07, 6.45) is 0. The van der Waals surface area contributed by atoms with Crippen molar-refractivity contribution in [2.75, 3.05) is 0 Å². The molecule has 0 atom stereocenters. The Bertz CT molecular complexity index is 917. The van der Waals surface area contributed by atoms with Crippen LogP contribution in [0.5, 0.6) is 5.75 Å². The van der Waals surface area contributed by atoms with Crippen molar-refractivity contribution in [2.24, 2.45) is 27.2 Å². The molecule has 0 fully saturated rings. The molecule has 0 spiro atoms. The molecule has 0 heterocycles. The lowest BCUT2D eigenvalue weighted by atomic mass is 10.1. The summed E-state index contributed by atoms with van der Waals surface area (Å²) in [6.45, 7) is 0. The van der Waals surface area contributed by atoms with E-state index in [1.54, 1.807) is 18.2 Å². The highest BCUT2D eigenvalue weighted by molar-refractivity contribution is 7.86. The molecule has 9 nitrogen and oxygen atoms in total. The third-order valence-corrected chi connectivity index (χ3v) is 3.80. The molecule has 2 aromatic rings. The van der Waals surface area contributed by atoms with Crippen LogP contribution in [0.15, 0.2) is 57.3 Å². The Balaban J connectivity index is 2.59. The summed E-state index contributed by atoms with van der Waals surface area (Å²) >= 11 is 0. The first-order chi connectivity index (χ1) is 11.2. The number of nitrogens with zero attached hydrogens (tertiary/aromatic N) is 2. The van der Waals surface area contributed by atoms with Gasteiger partial charge < -0.3 is 22.3 Å². The van der Waals surface area contributed by atoms with Crippen molar-refractivity contribution in [1.82, 2.24) is 0 Å². The van der Waals surface area contributed by atoms with Crippen LogP contribution in [0.3, 0.4) is 0 Å². The summed E-state index contributed by atoms with van der Waals surface area (Å²) in [5.74, 6) is -0.636. The number of hydrogen-bond donors (Lipinski definition) is 5. The summed E-state index contributed by atoms with van der Waals surface area (Å²) in [4.78, 5) is 6.81. The van der Waals surface area contributed by atoms with Crippen LogP contribution in [0.4, 0.5) is 5.69 Å². The van der Waals surface area contributed by atoms with Gasteiger partial charge in [0.15, 0.2) is 5.96 Å². The third kappa shape index (κ3) is 4.21. The van der Waals surface area contributed by atoms with Gasteiger partial charge in [-0.25, -0.2) is 4.99 Å². The van der Waals surface area contributed by atoms with Gasteiger partial charge in [-0.05, 0) is 35.4 Å². The Morgan fingerprint density at radius 2 is 1.54 bits per heavy atom. The zero-order valence-electron chi connectivity index (χ0n) is 12.3. The number of phenolic OH excluding ortho intramolecular Hbond substituents is 1. The van der Waals surface area contributed by atoms with Crippen molar-refractivity contribution in [3.63, 3.8) is 0 Å². The van der Waals surface area contributed by atoms with Gasteiger partial charge in [0.05, 0.1) is 5.69 Å². The molecule has 126 valence electrons. The van der Waals surface area contributed by atoms with Gasteiger partial charge in [0.1, 0.15) is 10.6 Å². The molecule has 10 heteroatoms. The molecule has 0 bridgehead atoms. The summed E-state index contributed by atoms with van der Waals surface area (Å²) in [7, 11) is -4.57. The van der Waals surface area contributed by atoms with E-state index in [2.05, 4.69) is 9.98 Å². The van der Waals surface area contributed by atoms with Gasteiger partial charge in [-0.3, -0.25) is 4.55 Å². The fourth-order valence-corrected chi connectivity index (χ4v) is 2.58. The molecule has 2 aromatic carbocycles. The van der Waals surface area contributed by atoms with Crippen LogP contribution >= 0.6 is 0 Å².